The van der Waals surface area contributed by atoms with Gasteiger partial charge in [0.2, 0.25) is 0 Å². The van der Waals surface area contributed by atoms with Gasteiger partial charge in [-0.25, -0.2) is 9.97 Å². The Hall–Kier alpha value is -1.00. The van der Waals surface area contributed by atoms with Crippen LogP contribution in [0.5, 0.6) is 0 Å². The fourth-order valence-corrected chi connectivity index (χ4v) is 2.08. The van der Waals surface area contributed by atoms with Gasteiger partial charge in [-0.2, -0.15) is 0 Å². The van der Waals surface area contributed by atoms with Gasteiger partial charge in [-0.05, 0) is 32.4 Å². The van der Waals surface area contributed by atoms with Crippen molar-refractivity contribution in [1.29, 1.82) is 0 Å². The number of hydrogen-bond acceptors (Lipinski definition) is 4. The number of aromatic nitrogens is 2. The van der Waals surface area contributed by atoms with Crippen LogP contribution in [-0.2, 0) is 17.6 Å². The standard InChI is InChI=1S/C12H19N3O/c1-9-7-10(4-5-13)15-12(14-9)8-11-3-2-6-16-11/h7,11H,2-6,8,13H2,1H3. The molecule has 0 aliphatic carbocycles. The number of rotatable bonds is 4. The van der Waals surface area contributed by atoms with E-state index in [2.05, 4.69) is 9.97 Å². The van der Waals surface area contributed by atoms with Crippen LogP contribution in [0.1, 0.15) is 30.1 Å². The highest BCUT2D eigenvalue weighted by molar-refractivity contribution is 5.11. The van der Waals surface area contributed by atoms with E-state index in [1.807, 2.05) is 13.0 Å². The van der Waals surface area contributed by atoms with Gasteiger partial charge in [-0.3, -0.25) is 0 Å². The summed E-state index contributed by atoms with van der Waals surface area (Å²) in [5.74, 6) is 0.898. The van der Waals surface area contributed by atoms with Crippen molar-refractivity contribution in [3.63, 3.8) is 0 Å². The van der Waals surface area contributed by atoms with Crippen molar-refractivity contribution in [2.75, 3.05) is 13.2 Å². The highest BCUT2D eigenvalue weighted by Gasteiger charge is 2.17. The minimum absolute atomic E-state index is 0.313. The maximum atomic E-state index is 5.59. The number of nitrogens with zero attached hydrogens (tertiary/aromatic N) is 2. The van der Waals surface area contributed by atoms with Gasteiger partial charge < -0.3 is 10.5 Å². The molecular formula is C12H19N3O. The van der Waals surface area contributed by atoms with Crippen LogP contribution < -0.4 is 5.73 Å². The second-order valence-corrected chi connectivity index (χ2v) is 4.29. The van der Waals surface area contributed by atoms with E-state index in [1.165, 1.54) is 0 Å². The van der Waals surface area contributed by atoms with Crippen LogP contribution in [0, 0.1) is 6.92 Å². The summed E-state index contributed by atoms with van der Waals surface area (Å²) < 4.78 is 5.59. The molecule has 0 amide bonds. The molecule has 1 fully saturated rings. The molecule has 1 aliphatic heterocycles. The van der Waals surface area contributed by atoms with Crippen molar-refractivity contribution in [2.24, 2.45) is 5.73 Å². The number of aryl methyl sites for hydroxylation is 1. The molecule has 0 saturated carbocycles. The number of nitrogens with two attached hydrogens (primary N) is 1. The zero-order valence-electron chi connectivity index (χ0n) is 9.78. The Kier molecular flexibility index (Phi) is 3.85. The molecule has 1 aliphatic rings. The van der Waals surface area contributed by atoms with E-state index in [0.29, 0.717) is 12.6 Å². The first kappa shape index (κ1) is 11.5. The lowest BCUT2D eigenvalue weighted by atomic mass is 10.1. The molecule has 1 aromatic heterocycles. The van der Waals surface area contributed by atoms with Gasteiger partial charge in [0, 0.05) is 30.8 Å². The normalized spacial score (nSPS) is 20.2. The highest BCUT2D eigenvalue weighted by atomic mass is 16.5. The molecule has 0 radical (unpaired) electrons. The summed E-state index contributed by atoms with van der Waals surface area (Å²) in [6.07, 6.45) is 4.25. The average Bonchev–Trinajstić information content (AvgIpc) is 2.70. The molecule has 0 bridgehead atoms. The van der Waals surface area contributed by atoms with Crippen molar-refractivity contribution in [2.45, 2.75) is 38.7 Å². The van der Waals surface area contributed by atoms with Gasteiger partial charge in [0.1, 0.15) is 5.82 Å². The van der Waals surface area contributed by atoms with Crippen molar-refractivity contribution in [1.82, 2.24) is 9.97 Å². The molecule has 2 rings (SSSR count). The molecule has 2 N–H and O–H groups in total. The summed E-state index contributed by atoms with van der Waals surface area (Å²) in [6.45, 7) is 3.52. The van der Waals surface area contributed by atoms with Crippen molar-refractivity contribution in [3.05, 3.63) is 23.3 Å². The predicted octanol–water partition coefficient (Wildman–Crippen LogP) is 1.01. The lowest BCUT2D eigenvalue weighted by molar-refractivity contribution is 0.110. The molecule has 4 heteroatoms. The van der Waals surface area contributed by atoms with Crippen LogP contribution in [0.3, 0.4) is 0 Å². The second-order valence-electron chi connectivity index (χ2n) is 4.29. The van der Waals surface area contributed by atoms with E-state index < -0.39 is 0 Å². The molecule has 1 saturated heterocycles. The van der Waals surface area contributed by atoms with Crippen molar-refractivity contribution < 1.29 is 4.74 Å². The Morgan fingerprint density at radius 1 is 1.50 bits per heavy atom. The number of hydrogen-bond donors (Lipinski definition) is 1. The van der Waals surface area contributed by atoms with Gasteiger partial charge in [-0.15, -0.1) is 0 Å². The summed E-state index contributed by atoms with van der Waals surface area (Å²) in [4.78, 5) is 8.96. The van der Waals surface area contributed by atoms with Gasteiger partial charge in [0.05, 0.1) is 6.10 Å². The third-order valence-corrected chi connectivity index (χ3v) is 2.79. The second kappa shape index (κ2) is 5.37. The molecular weight excluding hydrogens is 202 g/mol. The molecule has 4 nitrogen and oxygen atoms in total. The Labute approximate surface area is 96.2 Å². The summed E-state index contributed by atoms with van der Waals surface area (Å²) in [5.41, 5.74) is 7.60. The lowest BCUT2D eigenvalue weighted by Gasteiger charge is -2.09. The van der Waals surface area contributed by atoms with E-state index in [1.54, 1.807) is 0 Å². The van der Waals surface area contributed by atoms with Crippen LogP contribution in [0.15, 0.2) is 6.07 Å². The first-order valence-corrected chi connectivity index (χ1v) is 5.93. The summed E-state index contributed by atoms with van der Waals surface area (Å²) in [6, 6.07) is 2.01. The van der Waals surface area contributed by atoms with Crippen LogP contribution in [0.2, 0.25) is 0 Å². The fourth-order valence-electron chi connectivity index (χ4n) is 2.08. The molecule has 1 aromatic rings. The Balaban J connectivity index is 2.06. The monoisotopic (exact) mass is 221 g/mol. The Bertz CT molecular complexity index is 348. The highest BCUT2D eigenvalue weighted by Crippen LogP contribution is 2.15. The van der Waals surface area contributed by atoms with Crippen LogP contribution >= 0.6 is 0 Å². The zero-order valence-corrected chi connectivity index (χ0v) is 9.78. The minimum Gasteiger partial charge on any atom is -0.378 e. The summed E-state index contributed by atoms with van der Waals surface area (Å²) in [7, 11) is 0. The van der Waals surface area contributed by atoms with Crippen LogP contribution in [0.25, 0.3) is 0 Å². The quantitative estimate of drug-likeness (QED) is 0.824. The van der Waals surface area contributed by atoms with E-state index >= 15 is 0 Å². The topological polar surface area (TPSA) is 61.0 Å². The largest absolute Gasteiger partial charge is 0.378 e. The van der Waals surface area contributed by atoms with E-state index in [9.17, 15) is 0 Å². The van der Waals surface area contributed by atoms with E-state index in [-0.39, 0.29) is 0 Å². The molecule has 0 aromatic carbocycles. The molecule has 16 heavy (non-hydrogen) atoms. The molecule has 1 atom stereocenters. The first-order valence-electron chi connectivity index (χ1n) is 5.93. The molecule has 2 heterocycles. The zero-order chi connectivity index (χ0) is 11.4. The smallest absolute Gasteiger partial charge is 0.131 e. The molecule has 88 valence electrons. The van der Waals surface area contributed by atoms with E-state index in [0.717, 1.165) is 49.5 Å². The third kappa shape index (κ3) is 3.00. The molecule has 1 unspecified atom stereocenters. The Morgan fingerprint density at radius 3 is 3.06 bits per heavy atom. The average molecular weight is 221 g/mol. The minimum atomic E-state index is 0.313. The third-order valence-electron chi connectivity index (χ3n) is 2.79. The van der Waals surface area contributed by atoms with Crippen LogP contribution in [0.4, 0.5) is 0 Å². The number of ether oxygens (including phenoxy) is 1. The fraction of sp³-hybridized carbons (Fsp3) is 0.667. The maximum Gasteiger partial charge on any atom is 0.131 e. The summed E-state index contributed by atoms with van der Waals surface area (Å²) >= 11 is 0. The van der Waals surface area contributed by atoms with Crippen molar-refractivity contribution >= 4 is 0 Å². The maximum absolute atomic E-state index is 5.59. The van der Waals surface area contributed by atoms with Gasteiger partial charge >= 0.3 is 0 Å². The van der Waals surface area contributed by atoms with Gasteiger partial charge in [-0.1, -0.05) is 0 Å². The van der Waals surface area contributed by atoms with Crippen LogP contribution in [-0.4, -0.2) is 29.2 Å². The van der Waals surface area contributed by atoms with Gasteiger partial charge in [0.15, 0.2) is 0 Å². The molecule has 0 spiro atoms. The predicted molar refractivity (Wildman–Crippen MR) is 62.2 cm³/mol. The first-order chi connectivity index (χ1) is 7.78. The van der Waals surface area contributed by atoms with Crippen molar-refractivity contribution in [3.8, 4) is 0 Å². The SMILES string of the molecule is Cc1cc(CCN)nc(CC2CCCO2)n1. The lowest BCUT2D eigenvalue weighted by Crippen LogP contribution is -2.14. The Morgan fingerprint density at radius 2 is 2.38 bits per heavy atom. The van der Waals surface area contributed by atoms with Gasteiger partial charge in [0.25, 0.3) is 0 Å². The summed E-state index contributed by atoms with van der Waals surface area (Å²) in [5, 5.41) is 0. The van der Waals surface area contributed by atoms with E-state index in [4.69, 9.17) is 10.5 Å².